The van der Waals surface area contributed by atoms with Crippen LogP contribution in [0.3, 0.4) is 0 Å². The van der Waals surface area contributed by atoms with E-state index >= 15 is 0 Å². The number of nitrogens with one attached hydrogen (secondary N) is 1. The molecule has 0 fully saturated rings. The number of ether oxygens (including phenoxy) is 4. The number of nitrogens with zero attached hydrogens (tertiary/aromatic N) is 3. The predicted molar refractivity (Wildman–Crippen MR) is 101 cm³/mol. The molecule has 3 aromatic rings. The van der Waals surface area contributed by atoms with Gasteiger partial charge < -0.3 is 24.3 Å². The lowest BCUT2D eigenvalue weighted by atomic mass is 10.2. The standard InChI is InChI=1S/C17H14Cl2N4O4/c1-24-12-5-11-9(4-13(12)25-3-2-18)16(22-7-21-11)23-14-10(19)6-20-17-15(14)26-8-27-17/h4-7H,2-3,8H2,1H3,(H,20,21,22,23). The maximum Gasteiger partial charge on any atom is 0.262 e. The van der Waals surface area contributed by atoms with E-state index in [2.05, 4.69) is 20.3 Å². The molecule has 0 saturated heterocycles. The number of alkyl halides is 1. The van der Waals surface area contributed by atoms with Crippen LogP contribution in [-0.2, 0) is 0 Å². The van der Waals surface area contributed by atoms with E-state index in [1.54, 1.807) is 19.2 Å². The molecule has 140 valence electrons. The molecule has 1 aliphatic rings. The average molecular weight is 409 g/mol. The van der Waals surface area contributed by atoms with Gasteiger partial charge in [0.1, 0.15) is 24.4 Å². The Morgan fingerprint density at radius 3 is 2.89 bits per heavy atom. The highest BCUT2D eigenvalue weighted by Gasteiger charge is 2.23. The lowest BCUT2D eigenvalue weighted by Gasteiger charge is -2.14. The molecule has 1 N–H and O–H groups in total. The summed E-state index contributed by atoms with van der Waals surface area (Å²) in [4.78, 5) is 12.7. The van der Waals surface area contributed by atoms with Crippen molar-refractivity contribution in [1.29, 1.82) is 0 Å². The minimum absolute atomic E-state index is 0.0789. The molecule has 2 aromatic heterocycles. The van der Waals surface area contributed by atoms with E-state index in [0.717, 1.165) is 0 Å². The number of hydrogen-bond donors (Lipinski definition) is 1. The number of aromatic nitrogens is 3. The fourth-order valence-electron chi connectivity index (χ4n) is 2.65. The molecular weight excluding hydrogens is 395 g/mol. The first-order chi connectivity index (χ1) is 13.2. The summed E-state index contributed by atoms with van der Waals surface area (Å²) in [5.41, 5.74) is 1.18. The largest absolute Gasteiger partial charge is 0.493 e. The molecule has 0 radical (unpaired) electrons. The Bertz CT molecular complexity index is 1000. The smallest absolute Gasteiger partial charge is 0.262 e. The van der Waals surface area contributed by atoms with Crippen molar-refractivity contribution in [3.8, 4) is 23.1 Å². The summed E-state index contributed by atoms with van der Waals surface area (Å²) in [7, 11) is 1.56. The zero-order chi connectivity index (χ0) is 18.8. The van der Waals surface area contributed by atoms with Crippen molar-refractivity contribution in [2.24, 2.45) is 0 Å². The summed E-state index contributed by atoms with van der Waals surface area (Å²) in [6, 6.07) is 3.56. The normalized spacial score (nSPS) is 12.3. The predicted octanol–water partition coefficient (Wildman–Crippen LogP) is 3.78. The number of benzene rings is 1. The molecule has 1 aromatic carbocycles. The van der Waals surface area contributed by atoms with Crippen LogP contribution in [0.5, 0.6) is 23.1 Å². The van der Waals surface area contributed by atoms with E-state index in [-0.39, 0.29) is 6.79 Å². The van der Waals surface area contributed by atoms with Gasteiger partial charge in [-0.1, -0.05) is 11.6 Å². The first-order valence-electron chi connectivity index (χ1n) is 7.94. The fourth-order valence-corrected chi connectivity index (χ4v) is 2.91. The molecule has 8 nitrogen and oxygen atoms in total. The van der Waals surface area contributed by atoms with Gasteiger partial charge in [-0.2, -0.15) is 0 Å². The number of rotatable bonds is 6. The van der Waals surface area contributed by atoms with E-state index in [9.17, 15) is 0 Å². The van der Waals surface area contributed by atoms with Crippen molar-refractivity contribution in [2.45, 2.75) is 0 Å². The Morgan fingerprint density at radius 1 is 1.19 bits per heavy atom. The van der Waals surface area contributed by atoms with E-state index in [1.165, 1.54) is 12.5 Å². The topological polar surface area (TPSA) is 87.6 Å². The maximum absolute atomic E-state index is 6.29. The molecule has 0 spiro atoms. The highest BCUT2D eigenvalue weighted by atomic mass is 35.5. The second-order valence-electron chi connectivity index (χ2n) is 5.43. The summed E-state index contributed by atoms with van der Waals surface area (Å²) < 4.78 is 21.8. The molecule has 0 amide bonds. The second kappa shape index (κ2) is 7.50. The third-order valence-corrected chi connectivity index (χ3v) is 4.29. The quantitative estimate of drug-likeness (QED) is 0.616. The molecule has 1 aliphatic heterocycles. The van der Waals surface area contributed by atoms with Crippen LogP contribution >= 0.6 is 23.2 Å². The van der Waals surface area contributed by atoms with Crippen LogP contribution in [-0.4, -0.2) is 41.3 Å². The van der Waals surface area contributed by atoms with Gasteiger partial charge in [0.2, 0.25) is 12.5 Å². The summed E-state index contributed by atoms with van der Waals surface area (Å²) in [6.07, 6.45) is 2.93. The fraction of sp³-hybridized carbons (Fsp3) is 0.235. The van der Waals surface area contributed by atoms with Crippen LogP contribution in [0.25, 0.3) is 10.9 Å². The molecule has 4 rings (SSSR count). The highest BCUT2D eigenvalue weighted by molar-refractivity contribution is 6.33. The third-order valence-electron chi connectivity index (χ3n) is 3.85. The van der Waals surface area contributed by atoms with E-state index in [1.807, 2.05) is 0 Å². The number of halogens is 2. The van der Waals surface area contributed by atoms with Gasteiger partial charge in [-0.05, 0) is 6.07 Å². The molecule has 3 heterocycles. The maximum atomic E-state index is 6.29. The molecule has 0 bridgehead atoms. The van der Waals surface area contributed by atoms with Gasteiger partial charge in [0.05, 0.1) is 29.7 Å². The van der Waals surface area contributed by atoms with Crippen LogP contribution in [0.1, 0.15) is 0 Å². The van der Waals surface area contributed by atoms with Crippen molar-refractivity contribution in [1.82, 2.24) is 15.0 Å². The molecule has 0 unspecified atom stereocenters. The van der Waals surface area contributed by atoms with Crippen molar-refractivity contribution in [2.75, 3.05) is 31.7 Å². The van der Waals surface area contributed by atoms with Gasteiger partial charge in [-0.15, -0.1) is 11.6 Å². The van der Waals surface area contributed by atoms with Crippen LogP contribution in [0.15, 0.2) is 24.7 Å². The van der Waals surface area contributed by atoms with Crippen molar-refractivity contribution >= 4 is 45.6 Å². The van der Waals surface area contributed by atoms with Gasteiger partial charge >= 0.3 is 0 Å². The monoisotopic (exact) mass is 408 g/mol. The molecule has 0 saturated carbocycles. The Labute approximate surface area is 164 Å². The Kier molecular flexibility index (Phi) is 4.91. The van der Waals surface area contributed by atoms with Gasteiger partial charge in [0.25, 0.3) is 5.88 Å². The second-order valence-corrected chi connectivity index (χ2v) is 6.21. The van der Waals surface area contributed by atoms with Crippen molar-refractivity contribution < 1.29 is 18.9 Å². The Hall–Kier alpha value is -2.71. The van der Waals surface area contributed by atoms with Crippen LogP contribution < -0.4 is 24.3 Å². The van der Waals surface area contributed by atoms with Crippen LogP contribution in [0.2, 0.25) is 5.02 Å². The average Bonchev–Trinajstić information content (AvgIpc) is 3.17. The van der Waals surface area contributed by atoms with Gasteiger partial charge in [-0.3, -0.25) is 0 Å². The van der Waals surface area contributed by atoms with E-state index in [4.69, 9.17) is 42.1 Å². The molecule has 0 atom stereocenters. The zero-order valence-corrected chi connectivity index (χ0v) is 15.7. The number of fused-ring (bicyclic) bond motifs is 2. The lowest BCUT2D eigenvalue weighted by Crippen LogP contribution is -2.02. The van der Waals surface area contributed by atoms with Crippen LogP contribution in [0, 0.1) is 0 Å². The van der Waals surface area contributed by atoms with Gasteiger partial charge in [0.15, 0.2) is 11.5 Å². The minimum atomic E-state index is 0.0789. The number of anilines is 2. The molecule has 10 heteroatoms. The first-order valence-corrected chi connectivity index (χ1v) is 8.85. The number of hydrogen-bond acceptors (Lipinski definition) is 8. The minimum Gasteiger partial charge on any atom is -0.493 e. The van der Waals surface area contributed by atoms with Gasteiger partial charge in [-0.25, -0.2) is 15.0 Å². The van der Waals surface area contributed by atoms with E-state index in [0.29, 0.717) is 63.0 Å². The highest BCUT2D eigenvalue weighted by Crippen LogP contribution is 2.44. The molecular formula is C17H14Cl2N4O4. The number of pyridine rings is 1. The van der Waals surface area contributed by atoms with Gasteiger partial charge in [0, 0.05) is 11.5 Å². The Morgan fingerprint density at radius 2 is 2.07 bits per heavy atom. The lowest BCUT2D eigenvalue weighted by molar-refractivity contribution is 0.171. The van der Waals surface area contributed by atoms with E-state index < -0.39 is 0 Å². The SMILES string of the molecule is COc1cc2ncnc(Nc3c(Cl)cnc4c3OCO4)c2cc1OCCCl. The zero-order valence-electron chi connectivity index (χ0n) is 14.2. The first kappa shape index (κ1) is 17.7. The molecule has 0 aliphatic carbocycles. The summed E-state index contributed by atoms with van der Waals surface area (Å²) in [5, 5.41) is 4.27. The Balaban J connectivity index is 1.80. The third kappa shape index (κ3) is 3.33. The van der Waals surface area contributed by atoms with Crippen molar-refractivity contribution in [3.63, 3.8) is 0 Å². The summed E-state index contributed by atoms with van der Waals surface area (Å²) in [6.45, 7) is 0.421. The molecule has 27 heavy (non-hydrogen) atoms. The van der Waals surface area contributed by atoms with Crippen molar-refractivity contribution in [3.05, 3.63) is 29.7 Å². The van der Waals surface area contributed by atoms with Crippen LogP contribution in [0.4, 0.5) is 11.5 Å². The number of methoxy groups -OCH3 is 1. The summed E-state index contributed by atoms with van der Waals surface area (Å²) >= 11 is 12.0. The summed E-state index contributed by atoms with van der Waals surface area (Å²) in [5.74, 6) is 2.76.